The number of hydrogen-bond donors (Lipinski definition) is 1. The molecule has 1 saturated heterocycles. The van der Waals surface area contributed by atoms with Gasteiger partial charge >= 0.3 is 0 Å². The van der Waals surface area contributed by atoms with Gasteiger partial charge in [0, 0.05) is 31.1 Å². The molecule has 1 atom stereocenters. The number of rotatable bonds is 3. The van der Waals surface area contributed by atoms with Gasteiger partial charge in [0.2, 0.25) is 0 Å². The molecule has 16 heavy (non-hydrogen) atoms. The highest BCUT2D eigenvalue weighted by Gasteiger charge is 2.26. The summed E-state index contributed by atoms with van der Waals surface area (Å²) in [7, 11) is 0. The number of halogens is 1. The lowest BCUT2D eigenvalue weighted by atomic mass is 10.1. The predicted octanol–water partition coefficient (Wildman–Crippen LogP) is 2.05. The summed E-state index contributed by atoms with van der Waals surface area (Å²) in [6.07, 6.45) is 0. The van der Waals surface area contributed by atoms with Crippen LogP contribution in [0.4, 0.5) is 0 Å². The van der Waals surface area contributed by atoms with Crippen molar-refractivity contribution in [3.05, 3.63) is 20.8 Å². The first-order chi connectivity index (χ1) is 7.68. The Kier molecular flexibility index (Phi) is 4.13. The van der Waals surface area contributed by atoms with E-state index in [2.05, 4.69) is 26.1 Å². The van der Waals surface area contributed by atoms with Crippen LogP contribution in [0.5, 0.6) is 0 Å². The Morgan fingerprint density at radius 1 is 1.50 bits per heavy atom. The van der Waals surface area contributed by atoms with E-state index in [1.54, 1.807) is 18.3 Å². The number of thiophene rings is 1. The van der Waals surface area contributed by atoms with E-state index >= 15 is 0 Å². The summed E-state index contributed by atoms with van der Waals surface area (Å²) in [5, 5.41) is 3.31. The molecule has 0 amide bonds. The number of piperazine rings is 1. The van der Waals surface area contributed by atoms with Crippen LogP contribution in [0.2, 0.25) is 0 Å². The molecule has 2 heterocycles. The third-order valence-electron chi connectivity index (χ3n) is 2.77. The molecule has 1 aliphatic heterocycles. The Hall–Kier alpha value is -0.230. The van der Waals surface area contributed by atoms with E-state index in [-0.39, 0.29) is 11.8 Å². The van der Waals surface area contributed by atoms with Crippen molar-refractivity contribution in [3.8, 4) is 0 Å². The molecule has 88 valence electrons. The van der Waals surface area contributed by atoms with Gasteiger partial charge in [-0.2, -0.15) is 0 Å². The summed E-state index contributed by atoms with van der Waals surface area (Å²) >= 11 is 5.10. The van der Waals surface area contributed by atoms with Crippen molar-refractivity contribution in [2.24, 2.45) is 0 Å². The zero-order valence-electron chi connectivity index (χ0n) is 9.20. The van der Waals surface area contributed by atoms with Gasteiger partial charge in [0.05, 0.1) is 3.79 Å². The molecule has 1 fully saturated rings. The summed E-state index contributed by atoms with van der Waals surface area (Å²) in [5.41, 5.74) is 0. The first-order valence-electron chi connectivity index (χ1n) is 5.39. The van der Waals surface area contributed by atoms with Crippen LogP contribution in [0.1, 0.15) is 17.8 Å². The molecule has 3 nitrogen and oxygen atoms in total. The number of carbonyl (C=O) groups is 1. The maximum Gasteiger partial charge on any atom is 0.152 e. The van der Waals surface area contributed by atoms with E-state index in [9.17, 15) is 4.79 Å². The minimum atomic E-state index is -0.0570. The van der Waals surface area contributed by atoms with Gasteiger partial charge in [-0.05, 0) is 35.0 Å². The van der Waals surface area contributed by atoms with Crippen molar-refractivity contribution in [3.63, 3.8) is 0 Å². The number of nitrogens with zero attached hydrogens (tertiary/aromatic N) is 1. The molecule has 0 spiro atoms. The van der Waals surface area contributed by atoms with Crippen molar-refractivity contribution < 1.29 is 4.79 Å². The van der Waals surface area contributed by atoms with Crippen LogP contribution in [0, 0.1) is 0 Å². The quantitative estimate of drug-likeness (QED) is 0.927. The fourth-order valence-corrected chi connectivity index (χ4v) is 3.67. The van der Waals surface area contributed by atoms with E-state index in [0.29, 0.717) is 0 Å². The second-order valence-corrected chi connectivity index (χ2v) is 6.44. The fourth-order valence-electron chi connectivity index (χ4n) is 2.05. The van der Waals surface area contributed by atoms with Crippen molar-refractivity contribution in [1.82, 2.24) is 10.2 Å². The second-order valence-electron chi connectivity index (χ2n) is 3.94. The molecule has 0 radical (unpaired) electrons. The van der Waals surface area contributed by atoms with Gasteiger partial charge in [-0.15, -0.1) is 11.3 Å². The van der Waals surface area contributed by atoms with E-state index in [4.69, 9.17) is 0 Å². The predicted molar refractivity (Wildman–Crippen MR) is 69.9 cm³/mol. The molecule has 1 aliphatic rings. The molecule has 0 aliphatic carbocycles. The first-order valence-corrected chi connectivity index (χ1v) is 7.00. The molecule has 2 rings (SSSR count). The van der Waals surface area contributed by atoms with Gasteiger partial charge in [0.15, 0.2) is 5.78 Å². The monoisotopic (exact) mass is 302 g/mol. The SMILES string of the molecule is CC(=O)C(c1ccc(Br)s1)N1CCNCC1. The van der Waals surface area contributed by atoms with E-state index in [1.165, 1.54) is 0 Å². The third-order valence-corrected chi connectivity index (χ3v) is 4.44. The highest BCUT2D eigenvalue weighted by molar-refractivity contribution is 9.11. The largest absolute Gasteiger partial charge is 0.314 e. The molecular weight excluding hydrogens is 288 g/mol. The fraction of sp³-hybridized carbons (Fsp3) is 0.545. The number of hydrogen-bond acceptors (Lipinski definition) is 4. The summed E-state index contributed by atoms with van der Waals surface area (Å²) in [6.45, 7) is 5.51. The lowest BCUT2D eigenvalue weighted by Gasteiger charge is -2.32. The van der Waals surface area contributed by atoms with Crippen LogP contribution in [0.15, 0.2) is 15.9 Å². The molecule has 0 saturated carbocycles. The Labute approximate surface area is 108 Å². The Balaban J connectivity index is 2.19. The summed E-state index contributed by atoms with van der Waals surface area (Å²) in [6, 6.07) is 4.00. The Morgan fingerprint density at radius 3 is 2.69 bits per heavy atom. The summed E-state index contributed by atoms with van der Waals surface area (Å²) in [4.78, 5) is 15.2. The molecule has 0 bridgehead atoms. The summed E-state index contributed by atoms with van der Waals surface area (Å²) in [5.74, 6) is 0.233. The topological polar surface area (TPSA) is 32.3 Å². The van der Waals surface area contributed by atoms with Gasteiger partial charge in [0.1, 0.15) is 6.04 Å². The van der Waals surface area contributed by atoms with Crippen molar-refractivity contribution in [1.29, 1.82) is 0 Å². The van der Waals surface area contributed by atoms with Crippen LogP contribution in [0.25, 0.3) is 0 Å². The smallest absolute Gasteiger partial charge is 0.152 e. The van der Waals surface area contributed by atoms with Gasteiger partial charge < -0.3 is 5.32 Å². The average molecular weight is 303 g/mol. The van der Waals surface area contributed by atoms with E-state index < -0.39 is 0 Å². The maximum atomic E-state index is 11.8. The molecule has 1 aromatic rings. The highest BCUT2D eigenvalue weighted by Crippen LogP contribution is 2.31. The van der Waals surface area contributed by atoms with Crippen molar-refractivity contribution >= 4 is 33.0 Å². The zero-order chi connectivity index (χ0) is 11.5. The van der Waals surface area contributed by atoms with Gasteiger partial charge in [-0.25, -0.2) is 0 Å². The van der Waals surface area contributed by atoms with Crippen LogP contribution in [-0.4, -0.2) is 36.9 Å². The zero-order valence-corrected chi connectivity index (χ0v) is 11.6. The molecule has 1 unspecified atom stereocenters. The summed E-state index contributed by atoms with van der Waals surface area (Å²) < 4.78 is 1.09. The molecule has 5 heteroatoms. The molecule has 0 aromatic carbocycles. The minimum absolute atomic E-state index is 0.0570. The van der Waals surface area contributed by atoms with E-state index in [0.717, 1.165) is 34.8 Å². The maximum absolute atomic E-state index is 11.8. The van der Waals surface area contributed by atoms with Crippen molar-refractivity contribution in [2.75, 3.05) is 26.2 Å². The molecular formula is C11H15BrN2OS. The highest BCUT2D eigenvalue weighted by atomic mass is 79.9. The Morgan fingerprint density at radius 2 is 2.19 bits per heavy atom. The Bertz CT molecular complexity index is 374. The number of ketones is 1. The van der Waals surface area contributed by atoms with Crippen LogP contribution in [0.3, 0.4) is 0 Å². The van der Waals surface area contributed by atoms with E-state index in [1.807, 2.05) is 12.1 Å². The normalized spacial score (nSPS) is 19.6. The minimum Gasteiger partial charge on any atom is -0.314 e. The van der Waals surface area contributed by atoms with Crippen molar-refractivity contribution in [2.45, 2.75) is 13.0 Å². The third kappa shape index (κ3) is 2.71. The van der Waals surface area contributed by atoms with Gasteiger partial charge in [0.25, 0.3) is 0 Å². The number of carbonyl (C=O) groups excluding carboxylic acids is 1. The lowest BCUT2D eigenvalue weighted by Crippen LogP contribution is -2.46. The van der Waals surface area contributed by atoms with Gasteiger partial charge in [-0.3, -0.25) is 9.69 Å². The molecule has 1 N–H and O–H groups in total. The second kappa shape index (κ2) is 5.40. The molecule has 1 aromatic heterocycles. The van der Waals surface area contributed by atoms with Crippen LogP contribution in [-0.2, 0) is 4.79 Å². The lowest BCUT2D eigenvalue weighted by molar-refractivity contribution is -0.122. The first kappa shape index (κ1) is 12.2. The van der Waals surface area contributed by atoms with Crippen LogP contribution < -0.4 is 5.32 Å². The average Bonchev–Trinajstić information content (AvgIpc) is 2.66. The van der Waals surface area contributed by atoms with Gasteiger partial charge in [-0.1, -0.05) is 0 Å². The van der Waals surface area contributed by atoms with Crippen LogP contribution >= 0.6 is 27.3 Å². The number of Topliss-reactive ketones (excluding diaryl/α,β-unsaturated/α-hetero) is 1. The number of nitrogens with one attached hydrogen (secondary N) is 1. The standard InChI is InChI=1S/C11H15BrN2OS/c1-8(15)11(9-2-3-10(12)16-9)14-6-4-13-5-7-14/h2-3,11,13H,4-7H2,1H3.